The number of para-hydroxylation sites is 1. The molecule has 1 saturated heterocycles. The van der Waals surface area contributed by atoms with E-state index in [9.17, 15) is 9.59 Å². The third-order valence-corrected chi connectivity index (χ3v) is 5.24. The minimum Gasteiger partial charge on any atom is -0.351 e. The molecule has 0 unspecified atom stereocenters. The van der Waals surface area contributed by atoms with Gasteiger partial charge < -0.3 is 20.9 Å². The molecule has 1 aromatic heterocycles. The van der Waals surface area contributed by atoms with Crippen molar-refractivity contribution in [3.05, 3.63) is 47.3 Å². The first-order valence-corrected chi connectivity index (χ1v) is 9.96. The van der Waals surface area contributed by atoms with Gasteiger partial charge in [-0.25, -0.2) is 4.79 Å². The normalized spacial score (nSPS) is 14.0. The van der Waals surface area contributed by atoms with Crippen LogP contribution in [-0.4, -0.2) is 56.1 Å². The van der Waals surface area contributed by atoms with E-state index in [1.54, 1.807) is 12.1 Å². The Balaban J connectivity index is 0.00000280. The number of nitrogens with zero attached hydrogens (tertiary/aromatic N) is 1. The van der Waals surface area contributed by atoms with Crippen molar-refractivity contribution in [2.45, 2.75) is 6.42 Å². The molecule has 1 aliphatic heterocycles. The summed E-state index contributed by atoms with van der Waals surface area (Å²) < 4.78 is 0. The average Bonchev–Trinajstić information content (AvgIpc) is 3.15. The van der Waals surface area contributed by atoms with Crippen LogP contribution in [-0.2, 0) is 0 Å². The maximum atomic E-state index is 12.2. The van der Waals surface area contributed by atoms with Crippen molar-refractivity contribution < 1.29 is 9.59 Å². The zero-order chi connectivity index (χ0) is 18.9. The molecule has 0 saturated carbocycles. The van der Waals surface area contributed by atoms with Gasteiger partial charge in [0.15, 0.2) is 0 Å². The van der Waals surface area contributed by atoms with Crippen molar-refractivity contribution in [3.63, 3.8) is 0 Å². The summed E-state index contributed by atoms with van der Waals surface area (Å²) in [7, 11) is 0. The highest BCUT2D eigenvalue weighted by molar-refractivity contribution is 7.18. The lowest BCUT2D eigenvalue weighted by molar-refractivity contribution is 0.0955. The quantitative estimate of drug-likeness (QED) is 0.516. The lowest BCUT2D eigenvalue weighted by Crippen LogP contribution is -2.44. The average molecular weight is 424 g/mol. The molecule has 3 rings (SSSR count). The van der Waals surface area contributed by atoms with Crippen molar-refractivity contribution in [2.24, 2.45) is 0 Å². The molecule has 0 atom stereocenters. The SMILES string of the molecule is Cl.O=C(Nc1ccccc1)Nc1ccc(C(=O)NCCCN2CCNCC2)s1. The standard InChI is InChI=1S/C19H25N5O2S.ClH/c25-18(21-9-4-12-24-13-10-20-11-14-24)16-7-8-17(27-16)23-19(26)22-15-5-2-1-3-6-15;/h1-3,5-8,20H,4,9-14H2,(H,21,25)(H2,22,23,26);1H. The molecular formula is C19H26ClN5O2S. The first-order valence-electron chi connectivity index (χ1n) is 9.15. The molecule has 1 fully saturated rings. The number of nitrogens with one attached hydrogen (secondary N) is 4. The summed E-state index contributed by atoms with van der Waals surface area (Å²) in [5.74, 6) is -0.100. The van der Waals surface area contributed by atoms with Crippen LogP contribution in [0.15, 0.2) is 42.5 Å². The topological polar surface area (TPSA) is 85.5 Å². The number of anilines is 2. The lowest BCUT2D eigenvalue weighted by atomic mass is 10.3. The first kappa shape index (κ1) is 22.2. The Morgan fingerprint density at radius 3 is 2.54 bits per heavy atom. The summed E-state index contributed by atoms with van der Waals surface area (Å²) in [6.07, 6.45) is 0.932. The maximum Gasteiger partial charge on any atom is 0.324 e. The predicted octanol–water partition coefficient (Wildman–Crippen LogP) is 2.84. The number of halogens is 1. The van der Waals surface area contributed by atoms with Gasteiger partial charge in [-0.05, 0) is 37.2 Å². The van der Waals surface area contributed by atoms with Crippen molar-refractivity contribution in [1.29, 1.82) is 0 Å². The van der Waals surface area contributed by atoms with Crippen molar-refractivity contribution in [3.8, 4) is 0 Å². The summed E-state index contributed by atoms with van der Waals surface area (Å²) in [4.78, 5) is 27.2. The van der Waals surface area contributed by atoms with Crippen LogP contribution in [0.5, 0.6) is 0 Å². The molecule has 2 aromatic rings. The number of hydrogen-bond acceptors (Lipinski definition) is 5. The fourth-order valence-electron chi connectivity index (χ4n) is 2.85. The van der Waals surface area contributed by atoms with Gasteiger partial charge in [-0.3, -0.25) is 10.1 Å². The minimum absolute atomic E-state index is 0. The van der Waals surface area contributed by atoms with Crippen LogP contribution in [0.2, 0.25) is 0 Å². The zero-order valence-corrected chi connectivity index (χ0v) is 17.2. The van der Waals surface area contributed by atoms with Crippen molar-refractivity contribution in [2.75, 3.05) is 49.9 Å². The number of urea groups is 1. The molecule has 1 aromatic carbocycles. The summed E-state index contributed by atoms with van der Waals surface area (Å²) in [5.41, 5.74) is 0.717. The Morgan fingerprint density at radius 1 is 1.04 bits per heavy atom. The highest BCUT2D eigenvalue weighted by Crippen LogP contribution is 2.22. The van der Waals surface area contributed by atoms with E-state index in [0.717, 1.165) is 39.1 Å². The van der Waals surface area contributed by atoms with Gasteiger partial charge in [0.25, 0.3) is 5.91 Å². The lowest BCUT2D eigenvalue weighted by Gasteiger charge is -2.27. The van der Waals surface area contributed by atoms with Crippen LogP contribution >= 0.6 is 23.7 Å². The molecule has 0 radical (unpaired) electrons. The Morgan fingerprint density at radius 2 is 1.79 bits per heavy atom. The van der Waals surface area contributed by atoms with Crippen molar-refractivity contribution in [1.82, 2.24) is 15.5 Å². The fraction of sp³-hybridized carbons (Fsp3) is 0.368. The summed E-state index contributed by atoms with van der Waals surface area (Å²) >= 11 is 1.26. The van der Waals surface area contributed by atoms with Crippen LogP contribution < -0.4 is 21.3 Å². The van der Waals surface area contributed by atoms with E-state index in [4.69, 9.17) is 0 Å². The van der Waals surface area contributed by atoms with E-state index in [-0.39, 0.29) is 24.3 Å². The van der Waals surface area contributed by atoms with Gasteiger partial charge in [0.2, 0.25) is 0 Å². The summed E-state index contributed by atoms with van der Waals surface area (Å²) in [5, 5.41) is 12.4. The molecule has 3 amide bonds. The third kappa shape index (κ3) is 7.12. The van der Waals surface area contributed by atoms with E-state index in [0.29, 0.717) is 22.1 Å². The number of benzene rings is 1. The fourth-order valence-corrected chi connectivity index (χ4v) is 3.67. The predicted molar refractivity (Wildman–Crippen MR) is 117 cm³/mol. The zero-order valence-electron chi connectivity index (χ0n) is 15.6. The Hall–Kier alpha value is -2.13. The van der Waals surface area contributed by atoms with Gasteiger partial charge in [-0.2, -0.15) is 0 Å². The maximum absolute atomic E-state index is 12.2. The Labute approximate surface area is 175 Å². The molecule has 4 N–H and O–H groups in total. The second-order valence-corrected chi connectivity index (χ2v) is 7.39. The first-order chi connectivity index (χ1) is 13.2. The van der Waals surface area contributed by atoms with Crippen LogP contribution in [0.25, 0.3) is 0 Å². The number of thiophene rings is 1. The molecule has 7 nitrogen and oxygen atoms in total. The number of piperazine rings is 1. The Bertz CT molecular complexity index is 750. The third-order valence-electron chi connectivity index (χ3n) is 4.24. The Kier molecular flexibility index (Phi) is 9.22. The largest absolute Gasteiger partial charge is 0.351 e. The molecule has 0 spiro atoms. The smallest absolute Gasteiger partial charge is 0.324 e. The van der Waals surface area contributed by atoms with Crippen LogP contribution in [0, 0.1) is 0 Å². The molecule has 0 bridgehead atoms. The summed E-state index contributed by atoms with van der Waals surface area (Å²) in [6, 6.07) is 12.4. The molecule has 9 heteroatoms. The van der Waals surface area contributed by atoms with E-state index >= 15 is 0 Å². The molecule has 152 valence electrons. The second-order valence-electron chi connectivity index (χ2n) is 6.31. The van der Waals surface area contributed by atoms with Crippen LogP contribution in [0.4, 0.5) is 15.5 Å². The second kappa shape index (κ2) is 11.7. The number of carbonyl (C=O) groups excluding carboxylic acids is 2. The van der Waals surface area contributed by atoms with Gasteiger partial charge >= 0.3 is 6.03 Å². The molecule has 1 aliphatic rings. The van der Waals surface area contributed by atoms with Gasteiger partial charge in [-0.1, -0.05) is 18.2 Å². The van der Waals surface area contributed by atoms with Crippen LogP contribution in [0.1, 0.15) is 16.1 Å². The van der Waals surface area contributed by atoms with E-state index in [1.807, 2.05) is 30.3 Å². The van der Waals surface area contributed by atoms with Gasteiger partial charge in [0.1, 0.15) is 0 Å². The molecular weight excluding hydrogens is 398 g/mol. The van der Waals surface area contributed by atoms with Gasteiger partial charge in [-0.15, -0.1) is 23.7 Å². The van der Waals surface area contributed by atoms with Gasteiger partial charge in [0.05, 0.1) is 9.88 Å². The number of carbonyl (C=O) groups is 2. The molecule has 0 aliphatic carbocycles. The van der Waals surface area contributed by atoms with E-state index in [1.165, 1.54) is 11.3 Å². The highest BCUT2D eigenvalue weighted by atomic mass is 35.5. The number of amides is 3. The molecule has 2 heterocycles. The van der Waals surface area contributed by atoms with Gasteiger partial charge in [0, 0.05) is 38.4 Å². The molecule has 28 heavy (non-hydrogen) atoms. The number of hydrogen-bond donors (Lipinski definition) is 4. The highest BCUT2D eigenvalue weighted by Gasteiger charge is 2.12. The van der Waals surface area contributed by atoms with Crippen molar-refractivity contribution >= 4 is 46.4 Å². The summed E-state index contributed by atoms with van der Waals surface area (Å²) in [6.45, 7) is 5.86. The van der Waals surface area contributed by atoms with E-state index in [2.05, 4.69) is 26.2 Å². The minimum atomic E-state index is -0.328. The van der Waals surface area contributed by atoms with Crippen LogP contribution in [0.3, 0.4) is 0 Å². The number of rotatable bonds is 7. The monoisotopic (exact) mass is 423 g/mol. The van der Waals surface area contributed by atoms with E-state index < -0.39 is 0 Å².